The molecule has 5 rings (SSSR count). The van der Waals surface area contributed by atoms with Gasteiger partial charge in [-0.05, 0) is 0 Å². The van der Waals surface area contributed by atoms with Crippen molar-refractivity contribution in [3.63, 3.8) is 0 Å². The number of phenolic OH excluding ortho intramolecular Hbond substituents is 2. The van der Waals surface area contributed by atoms with Crippen LogP contribution in [-0.4, -0.2) is 20.2 Å². The first-order chi connectivity index (χ1) is 16.1. The quantitative estimate of drug-likeness (QED) is 0.286. The molecule has 0 amide bonds. The number of nitrogens with zero attached hydrogens (tertiary/aromatic N) is 3. The molecule has 33 heavy (non-hydrogen) atoms. The van der Waals surface area contributed by atoms with Crippen molar-refractivity contribution in [2.75, 3.05) is 2.84 Å². The molecule has 4 aromatic rings. The van der Waals surface area contributed by atoms with Crippen LogP contribution in [0.5, 0.6) is 11.5 Å². The molecular formula is C27H25N3O2Zr. The van der Waals surface area contributed by atoms with Crippen LogP contribution in [-0.2, 0) is 23.5 Å². The van der Waals surface area contributed by atoms with Crippen LogP contribution in [0.3, 0.4) is 0 Å². The predicted molar refractivity (Wildman–Crippen MR) is 129 cm³/mol. The summed E-state index contributed by atoms with van der Waals surface area (Å²) in [4.78, 5) is 9.71. The zero-order valence-electron chi connectivity index (χ0n) is 18.5. The second kappa shape index (κ2) is 9.48. The zero-order chi connectivity index (χ0) is 22.8. The van der Waals surface area contributed by atoms with Crippen molar-refractivity contribution in [3.05, 3.63) is 81.7 Å². The van der Waals surface area contributed by atoms with Gasteiger partial charge in [-0.3, -0.25) is 0 Å². The van der Waals surface area contributed by atoms with Crippen LogP contribution < -0.4 is 2.84 Å². The van der Waals surface area contributed by atoms with Gasteiger partial charge in [-0.15, -0.1) is 0 Å². The first kappa shape index (κ1) is 21.8. The summed E-state index contributed by atoms with van der Waals surface area (Å²) >= 11 is -1.33. The third kappa shape index (κ3) is 4.45. The van der Waals surface area contributed by atoms with Gasteiger partial charge in [0.2, 0.25) is 0 Å². The van der Waals surface area contributed by atoms with Crippen LogP contribution in [0, 0.1) is 0 Å². The summed E-state index contributed by atoms with van der Waals surface area (Å²) in [5.74, 6) is 1.92. The van der Waals surface area contributed by atoms with E-state index in [9.17, 15) is 10.2 Å². The van der Waals surface area contributed by atoms with Gasteiger partial charge in [-0.25, -0.2) is 0 Å². The molecule has 2 N–H and O–H groups in total. The van der Waals surface area contributed by atoms with Gasteiger partial charge in [-0.2, -0.15) is 0 Å². The number of hydrogen-bond acceptors (Lipinski definition) is 5. The molecule has 0 aliphatic heterocycles. The van der Waals surface area contributed by atoms with Gasteiger partial charge in [0.25, 0.3) is 0 Å². The number of anilines is 2. The van der Waals surface area contributed by atoms with E-state index in [1.54, 1.807) is 12.1 Å². The minimum absolute atomic E-state index is 0.175. The van der Waals surface area contributed by atoms with Crippen molar-refractivity contribution in [2.24, 2.45) is 0 Å². The van der Waals surface area contributed by atoms with Gasteiger partial charge in [0, 0.05) is 0 Å². The number of pyridine rings is 2. The maximum atomic E-state index is 10.4. The van der Waals surface area contributed by atoms with E-state index in [1.807, 2.05) is 48.5 Å². The molecule has 0 spiro atoms. The average molecular weight is 515 g/mol. The van der Waals surface area contributed by atoms with Crippen LogP contribution in [0.1, 0.15) is 32.6 Å². The monoisotopic (exact) mass is 513 g/mol. The molecule has 2 heterocycles. The Balaban J connectivity index is 1.63. The molecule has 0 atom stereocenters. The van der Waals surface area contributed by atoms with E-state index in [0.29, 0.717) is 11.0 Å². The van der Waals surface area contributed by atoms with Crippen LogP contribution >= 0.6 is 0 Å². The van der Waals surface area contributed by atoms with Crippen molar-refractivity contribution in [2.45, 2.75) is 32.6 Å². The second-order valence-corrected chi connectivity index (χ2v) is 11.3. The minimum atomic E-state index is -1.33. The van der Waals surface area contributed by atoms with Crippen molar-refractivity contribution in [3.8, 4) is 11.5 Å². The Morgan fingerprint density at radius 3 is 2.03 bits per heavy atom. The molecule has 2 aromatic carbocycles. The summed E-state index contributed by atoms with van der Waals surface area (Å²) in [7, 11) is 0. The topological polar surface area (TPSA) is 69.5 Å². The molecule has 0 unspecified atom stereocenters. The Morgan fingerprint density at radius 2 is 1.45 bits per heavy atom. The van der Waals surface area contributed by atoms with E-state index in [0.717, 1.165) is 35.2 Å². The molecule has 5 nitrogen and oxygen atoms in total. The van der Waals surface area contributed by atoms with Crippen molar-refractivity contribution in [1.29, 1.82) is 0 Å². The Bertz CT molecular complexity index is 1310. The predicted octanol–water partition coefficient (Wildman–Crippen LogP) is 6.73. The number of aromatic hydroxyl groups is 2. The summed E-state index contributed by atoms with van der Waals surface area (Å²) in [5, 5.41) is 22.6. The summed E-state index contributed by atoms with van der Waals surface area (Å²) < 4.78 is 3.76. The van der Waals surface area contributed by atoms with E-state index in [1.165, 1.54) is 21.7 Å². The normalized spacial score (nSPS) is 13.2. The van der Waals surface area contributed by atoms with Crippen LogP contribution in [0.25, 0.3) is 21.8 Å². The van der Waals surface area contributed by atoms with Gasteiger partial charge in [0.05, 0.1) is 0 Å². The van der Waals surface area contributed by atoms with E-state index in [4.69, 9.17) is 9.97 Å². The number of aromatic nitrogens is 2. The van der Waals surface area contributed by atoms with Crippen LogP contribution in [0.15, 0.2) is 81.7 Å². The van der Waals surface area contributed by atoms with Crippen LogP contribution in [0.4, 0.5) is 11.6 Å². The molecule has 2 aromatic heterocycles. The standard InChI is InChI=1S/C18H12N3O2.C9H13.Zr/c22-13-5-1-3-11-7-9-15(20-17(11)13)19-16-10-8-12-4-2-6-14(23)18(12)21-16;1-2-3-6-9-7-4-5-8-9;/h1-10H,(H2-,19,20,21,22,23);4,7H,2-3,5-6H2,1H3;/q-1;;+1. The number of allylic oxidation sites excluding steroid dienone is 4. The molecular weight excluding hydrogens is 490 g/mol. The Kier molecular flexibility index (Phi) is 6.28. The van der Waals surface area contributed by atoms with E-state index < -0.39 is 23.5 Å². The first-order valence-corrected chi connectivity index (χ1v) is 13.6. The summed E-state index contributed by atoms with van der Waals surface area (Å²) in [6.07, 6.45) is 9.00. The number of phenols is 2. The maximum absolute atomic E-state index is 10.4. The zero-order valence-corrected chi connectivity index (χ0v) is 21.0. The van der Waals surface area contributed by atoms with E-state index in [2.05, 4.69) is 21.9 Å². The van der Waals surface area contributed by atoms with Crippen molar-refractivity contribution >= 4 is 33.4 Å². The van der Waals surface area contributed by atoms with Gasteiger partial charge in [0.15, 0.2) is 0 Å². The van der Waals surface area contributed by atoms with Gasteiger partial charge in [-0.1, -0.05) is 0 Å². The van der Waals surface area contributed by atoms with Gasteiger partial charge >= 0.3 is 206 Å². The first-order valence-electron chi connectivity index (χ1n) is 11.3. The molecule has 0 radical (unpaired) electrons. The third-order valence-corrected chi connectivity index (χ3v) is 9.53. The number of benzene rings is 2. The summed E-state index contributed by atoms with van der Waals surface area (Å²) in [6.45, 7) is 2.22. The number of hydrogen-bond donors (Lipinski definition) is 2. The third-order valence-electron chi connectivity index (χ3n) is 5.90. The number of unbranched alkanes of at least 4 members (excludes halogenated alkanes) is 1. The van der Waals surface area contributed by atoms with Crippen molar-refractivity contribution < 1.29 is 33.7 Å². The van der Waals surface area contributed by atoms with E-state index >= 15 is 0 Å². The van der Waals surface area contributed by atoms with Gasteiger partial charge < -0.3 is 0 Å². The fourth-order valence-electron chi connectivity index (χ4n) is 4.13. The molecule has 0 saturated carbocycles. The molecule has 0 fully saturated rings. The summed E-state index contributed by atoms with van der Waals surface area (Å²) in [6, 6.07) is 18.9. The number of rotatable bonds is 7. The molecule has 164 valence electrons. The molecule has 1 aliphatic rings. The van der Waals surface area contributed by atoms with Crippen molar-refractivity contribution in [1.82, 2.24) is 9.97 Å². The fourth-order valence-corrected chi connectivity index (χ4v) is 7.35. The molecule has 0 saturated heterocycles. The molecule has 1 aliphatic carbocycles. The Labute approximate surface area is 205 Å². The van der Waals surface area contributed by atoms with Gasteiger partial charge in [0.1, 0.15) is 0 Å². The SMILES string of the molecule is CCCCC1=[C]([Zr][N](c2ccc3cccc(O)c3n2)c2ccc3cccc(O)c3n2)CC=C1. The molecule has 0 bridgehead atoms. The number of para-hydroxylation sites is 2. The number of fused-ring (bicyclic) bond motifs is 2. The second-order valence-electron chi connectivity index (χ2n) is 8.20. The average Bonchev–Trinajstić information content (AvgIpc) is 3.28. The summed E-state index contributed by atoms with van der Waals surface area (Å²) in [5.41, 5.74) is 2.64. The van der Waals surface area contributed by atoms with E-state index in [-0.39, 0.29) is 11.5 Å². The fraction of sp³-hybridized carbons (Fsp3) is 0.185. The Morgan fingerprint density at radius 1 is 0.848 bits per heavy atom. The molecule has 6 heteroatoms. The van der Waals surface area contributed by atoms with Crippen LogP contribution in [0.2, 0.25) is 0 Å². The Hall–Kier alpha value is -2.98.